The molecule has 0 unspecified atom stereocenters. The van der Waals surface area contributed by atoms with Crippen molar-refractivity contribution >= 4 is 18.3 Å². The molecule has 0 aromatic rings. The van der Waals surface area contributed by atoms with Gasteiger partial charge in [-0.2, -0.15) is 0 Å². The van der Waals surface area contributed by atoms with E-state index in [-0.39, 0.29) is 18.3 Å². The predicted octanol–water partition coefficient (Wildman–Crippen LogP) is -1.12. The van der Waals surface area contributed by atoms with Gasteiger partial charge in [-0.15, -0.1) is 12.4 Å². The highest BCUT2D eigenvalue weighted by atomic mass is 35.5. The minimum atomic E-state index is -0.418. The van der Waals surface area contributed by atoms with E-state index in [4.69, 9.17) is 10.5 Å². The van der Waals surface area contributed by atoms with Crippen LogP contribution in [-0.4, -0.2) is 31.7 Å². The van der Waals surface area contributed by atoms with Gasteiger partial charge in [-0.25, -0.2) is 0 Å². The average Bonchev–Trinajstić information content (AvgIpc) is 1.90. The molecule has 1 fully saturated rings. The van der Waals surface area contributed by atoms with Gasteiger partial charge in [0.1, 0.15) is 6.10 Å². The molecule has 0 saturated carbocycles. The van der Waals surface area contributed by atoms with Crippen LogP contribution >= 0.6 is 12.4 Å². The Morgan fingerprint density at radius 3 is 2.70 bits per heavy atom. The minimum absolute atomic E-state index is 0. The molecule has 1 aliphatic heterocycles. The zero-order valence-electron chi connectivity index (χ0n) is 5.50. The molecule has 0 aromatic carbocycles. The summed E-state index contributed by atoms with van der Waals surface area (Å²) in [7, 11) is 0. The number of primary amides is 1. The van der Waals surface area contributed by atoms with Gasteiger partial charge in [-0.05, 0) is 0 Å². The van der Waals surface area contributed by atoms with Crippen molar-refractivity contribution in [2.24, 2.45) is 5.73 Å². The van der Waals surface area contributed by atoms with Crippen LogP contribution in [0.1, 0.15) is 0 Å². The molecule has 0 spiro atoms. The number of amides is 1. The molecule has 1 aliphatic rings. The van der Waals surface area contributed by atoms with E-state index in [1.807, 2.05) is 0 Å². The number of hydrogen-bond donors (Lipinski definition) is 2. The van der Waals surface area contributed by atoms with Crippen LogP contribution in [0.3, 0.4) is 0 Å². The maximum Gasteiger partial charge on any atom is 0.247 e. The Bertz CT molecular complexity index is 114. The summed E-state index contributed by atoms with van der Waals surface area (Å²) in [5.41, 5.74) is 4.96. The first-order valence-electron chi connectivity index (χ1n) is 2.92. The second-order valence-electron chi connectivity index (χ2n) is 1.97. The molecule has 0 aliphatic carbocycles. The van der Waals surface area contributed by atoms with Gasteiger partial charge >= 0.3 is 0 Å². The standard InChI is InChI=1S/C5H10N2O2.ClH/c6-5(8)4-3-7-1-2-9-4;/h4,7H,1-3H2,(H2,6,8);1H/t4-;/m1./s1. The van der Waals surface area contributed by atoms with Crippen molar-refractivity contribution in [3.05, 3.63) is 0 Å². The summed E-state index contributed by atoms with van der Waals surface area (Å²) in [5, 5.41) is 2.99. The number of hydrogen-bond acceptors (Lipinski definition) is 3. The van der Waals surface area contributed by atoms with Crippen molar-refractivity contribution in [1.29, 1.82) is 0 Å². The van der Waals surface area contributed by atoms with Crippen LogP contribution in [0.25, 0.3) is 0 Å². The van der Waals surface area contributed by atoms with E-state index in [1.165, 1.54) is 0 Å². The Hall–Kier alpha value is -0.320. The fourth-order valence-electron chi connectivity index (χ4n) is 0.748. The van der Waals surface area contributed by atoms with Crippen LogP contribution in [-0.2, 0) is 9.53 Å². The largest absolute Gasteiger partial charge is 0.367 e. The molecule has 1 rings (SSSR count). The first-order chi connectivity index (χ1) is 4.30. The monoisotopic (exact) mass is 166 g/mol. The normalized spacial score (nSPS) is 25.0. The zero-order chi connectivity index (χ0) is 6.69. The Morgan fingerprint density at radius 1 is 1.70 bits per heavy atom. The van der Waals surface area contributed by atoms with Gasteiger partial charge in [-0.3, -0.25) is 4.79 Å². The van der Waals surface area contributed by atoms with E-state index in [9.17, 15) is 4.79 Å². The Balaban J connectivity index is 0.000000810. The Morgan fingerprint density at radius 2 is 2.40 bits per heavy atom. The number of ether oxygens (including phenoxy) is 1. The van der Waals surface area contributed by atoms with Crippen molar-refractivity contribution in [2.45, 2.75) is 6.10 Å². The summed E-state index contributed by atoms with van der Waals surface area (Å²) in [6.45, 7) is 1.94. The topological polar surface area (TPSA) is 64.4 Å². The zero-order valence-corrected chi connectivity index (χ0v) is 6.32. The molecule has 1 heterocycles. The smallest absolute Gasteiger partial charge is 0.247 e. The fourth-order valence-corrected chi connectivity index (χ4v) is 0.748. The van der Waals surface area contributed by atoms with Gasteiger partial charge in [0.25, 0.3) is 0 Å². The van der Waals surface area contributed by atoms with Crippen molar-refractivity contribution in [1.82, 2.24) is 5.32 Å². The number of carbonyl (C=O) groups is 1. The van der Waals surface area contributed by atoms with Crippen LogP contribution in [0.2, 0.25) is 0 Å². The van der Waals surface area contributed by atoms with Crippen LogP contribution in [0.4, 0.5) is 0 Å². The van der Waals surface area contributed by atoms with Crippen molar-refractivity contribution in [2.75, 3.05) is 19.7 Å². The summed E-state index contributed by atoms with van der Waals surface area (Å²) < 4.78 is 5.00. The molecular formula is C5H11ClN2O2. The lowest BCUT2D eigenvalue weighted by molar-refractivity contribution is -0.130. The van der Waals surface area contributed by atoms with E-state index in [2.05, 4.69) is 5.32 Å². The van der Waals surface area contributed by atoms with Crippen molar-refractivity contribution in [3.8, 4) is 0 Å². The number of nitrogens with two attached hydrogens (primary N) is 1. The summed E-state index contributed by atoms with van der Waals surface area (Å²) in [5.74, 6) is -0.387. The van der Waals surface area contributed by atoms with Gasteiger partial charge < -0.3 is 15.8 Å². The quantitative estimate of drug-likeness (QED) is 0.519. The molecule has 4 nitrogen and oxygen atoms in total. The molecule has 60 valence electrons. The maximum absolute atomic E-state index is 10.4. The van der Waals surface area contributed by atoms with Crippen molar-refractivity contribution in [3.63, 3.8) is 0 Å². The second-order valence-corrected chi connectivity index (χ2v) is 1.97. The van der Waals surface area contributed by atoms with E-state index in [1.54, 1.807) is 0 Å². The third-order valence-electron chi connectivity index (χ3n) is 1.24. The molecule has 0 aromatic heterocycles. The minimum Gasteiger partial charge on any atom is -0.367 e. The number of morpholine rings is 1. The van der Waals surface area contributed by atoms with E-state index < -0.39 is 6.10 Å². The lowest BCUT2D eigenvalue weighted by Crippen LogP contribution is -2.45. The molecule has 0 bridgehead atoms. The summed E-state index contributed by atoms with van der Waals surface area (Å²) in [6.07, 6.45) is -0.418. The number of carbonyl (C=O) groups excluding carboxylic acids is 1. The Kier molecular flexibility index (Phi) is 4.34. The highest BCUT2D eigenvalue weighted by molar-refractivity contribution is 5.85. The molecule has 5 heteroatoms. The lowest BCUT2D eigenvalue weighted by Gasteiger charge is -2.20. The van der Waals surface area contributed by atoms with Crippen LogP contribution in [0, 0.1) is 0 Å². The molecular weight excluding hydrogens is 156 g/mol. The molecule has 1 atom stereocenters. The Labute approximate surface area is 65.5 Å². The molecule has 1 saturated heterocycles. The second kappa shape index (κ2) is 4.49. The fraction of sp³-hybridized carbons (Fsp3) is 0.800. The van der Waals surface area contributed by atoms with Gasteiger partial charge in [0.05, 0.1) is 6.61 Å². The van der Waals surface area contributed by atoms with Gasteiger partial charge in [0, 0.05) is 13.1 Å². The molecule has 0 radical (unpaired) electrons. The summed E-state index contributed by atoms with van der Waals surface area (Å²) in [4.78, 5) is 10.4. The number of rotatable bonds is 1. The van der Waals surface area contributed by atoms with E-state index in [0.717, 1.165) is 6.54 Å². The van der Waals surface area contributed by atoms with Gasteiger partial charge in [0.2, 0.25) is 5.91 Å². The molecule has 3 N–H and O–H groups in total. The lowest BCUT2D eigenvalue weighted by atomic mass is 10.3. The van der Waals surface area contributed by atoms with E-state index in [0.29, 0.717) is 13.2 Å². The van der Waals surface area contributed by atoms with Crippen LogP contribution in [0.15, 0.2) is 0 Å². The van der Waals surface area contributed by atoms with Crippen LogP contribution < -0.4 is 11.1 Å². The first kappa shape index (κ1) is 9.68. The third-order valence-corrected chi connectivity index (χ3v) is 1.24. The first-order valence-corrected chi connectivity index (χ1v) is 2.92. The number of nitrogens with one attached hydrogen (secondary N) is 1. The summed E-state index contributed by atoms with van der Waals surface area (Å²) in [6, 6.07) is 0. The third kappa shape index (κ3) is 2.51. The SMILES string of the molecule is Cl.NC(=O)[C@H]1CNCCO1. The highest BCUT2D eigenvalue weighted by Gasteiger charge is 2.17. The van der Waals surface area contributed by atoms with Crippen LogP contribution in [0.5, 0.6) is 0 Å². The maximum atomic E-state index is 10.4. The highest BCUT2D eigenvalue weighted by Crippen LogP contribution is 1.92. The predicted molar refractivity (Wildman–Crippen MR) is 39.1 cm³/mol. The van der Waals surface area contributed by atoms with E-state index >= 15 is 0 Å². The molecule has 1 amide bonds. The van der Waals surface area contributed by atoms with Crippen molar-refractivity contribution < 1.29 is 9.53 Å². The summed E-state index contributed by atoms with van der Waals surface area (Å²) >= 11 is 0. The number of halogens is 1. The van der Waals surface area contributed by atoms with Gasteiger partial charge in [0.15, 0.2) is 0 Å². The average molecular weight is 167 g/mol. The molecule has 10 heavy (non-hydrogen) atoms. The van der Waals surface area contributed by atoms with Gasteiger partial charge in [-0.1, -0.05) is 0 Å².